The molecule has 0 aliphatic carbocycles. The number of nitrogens with one attached hydrogen (secondary N) is 1. The molecule has 3 aromatic rings. The predicted molar refractivity (Wildman–Crippen MR) is 84.4 cm³/mol. The summed E-state index contributed by atoms with van der Waals surface area (Å²) in [7, 11) is 1.62. The average molecular weight is 277 g/mol. The standard InChI is InChI=1S/C18H15NO2/c1-19-18(21)15-6-2-4-12(11-15)13-8-9-16-14(10-13)5-3-7-17(16)20/h2-11,20H,1H3,(H,19,21). The van der Waals surface area contributed by atoms with E-state index in [0.717, 1.165) is 21.9 Å². The molecule has 0 atom stereocenters. The Morgan fingerprint density at radius 1 is 0.952 bits per heavy atom. The third-order valence-corrected chi connectivity index (χ3v) is 3.54. The molecule has 1 amide bonds. The third-order valence-electron chi connectivity index (χ3n) is 3.54. The molecule has 3 aromatic carbocycles. The minimum Gasteiger partial charge on any atom is -0.507 e. The zero-order chi connectivity index (χ0) is 14.8. The van der Waals surface area contributed by atoms with Gasteiger partial charge in [-0.3, -0.25) is 4.79 Å². The van der Waals surface area contributed by atoms with Crippen LogP contribution < -0.4 is 5.32 Å². The Balaban J connectivity index is 2.10. The van der Waals surface area contributed by atoms with Gasteiger partial charge in [0.15, 0.2) is 0 Å². The summed E-state index contributed by atoms with van der Waals surface area (Å²) in [6.45, 7) is 0. The molecule has 0 bridgehead atoms. The fraction of sp³-hybridized carbons (Fsp3) is 0.0556. The molecular weight excluding hydrogens is 262 g/mol. The first-order chi connectivity index (χ1) is 10.2. The van der Waals surface area contributed by atoms with Crippen LogP contribution in [0.4, 0.5) is 0 Å². The fourth-order valence-corrected chi connectivity index (χ4v) is 2.43. The molecule has 0 fully saturated rings. The van der Waals surface area contributed by atoms with Crippen LogP contribution in [0.2, 0.25) is 0 Å². The molecule has 104 valence electrons. The van der Waals surface area contributed by atoms with Crippen LogP contribution in [0.1, 0.15) is 10.4 Å². The van der Waals surface area contributed by atoms with Gasteiger partial charge < -0.3 is 10.4 Å². The largest absolute Gasteiger partial charge is 0.507 e. The summed E-state index contributed by atoms with van der Waals surface area (Å²) in [6.07, 6.45) is 0. The summed E-state index contributed by atoms with van der Waals surface area (Å²) < 4.78 is 0. The van der Waals surface area contributed by atoms with Gasteiger partial charge in [0.05, 0.1) is 0 Å². The molecule has 2 N–H and O–H groups in total. The molecule has 0 heterocycles. The van der Waals surface area contributed by atoms with Crippen LogP contribution in [0.25, 0.3) is 21.9 Å². The van der Waals surface area contributed by atoms with Crippen molar-refractivity contribution in [2.24, 2.45) is 0 Å². The molecule has 0 aromatic heterocycles. The lowest BCUT2D eigenvalue weighted by atomic mass is 9.99. The molecule has 3 rings (SSSR count). The van der Waals surface area contributed by atoms with E-state index >= 15 is 0 Å². The van der Waals surface area contributed by atoms with Gasteiger partial charge in [-0.05, 0) is 40.8 Å². The van der Waals surface area contributed by atoms with Crippen LogP contribution in [-0.4, -0.2) is 18.1 Å². The number of fused-ring (bicyclic) bond motifs is 1. The first kappa shape index (κ1) is 13.2. The number of hydrogen-bond donors (Lipinski definition) is 2. The van der Waals surface area contributed by atoms with Gasteiger partial charge in [-0.15, -0.1) is 0 Å². The number of rotatable bonds is 2. The van der Waals surface area contributed by atoms with Crippen LogP contribution in [0.5, 0.6) is 5.75 Å². The van der Waals surface area contributed by atoms with Gasteiger partial charge in [-0.25, -0.2) is 0 Å². The lowest BCUT2D eigenvalue weighted by Gasteiger charge is -2.07. The number of aromatic hydroxyl groups is 1. The van der Waals surface area contributed by atoms with Crippen molar-refractivity contribution in [2.45, 2.75) is 0 Å². The average Bonchev–Trinajstić information content (AvgIpc) is 2.54. The number of phenolic OH excluding ortho intramolecular Hbond substituents is 1. The van der Waals surface area contributed by atoms with Gasteiger partial charge >= 0.3 is 0 Å². The van der Waals surface area contributed by atoms with E-state index in [9.17, 15) is 9.90 Å². The first-order valence-corrected chi connectivity index (χ1v) is 6.73. The van der Waals surface area contributed by atoms with Crippen LogP contribution in [-0.2, 0) is 0 Å². The van der Waals surface area contributed by atoms with E-state index in [4.69, 9.17) is 0 Å². The molecule has 3 heteroatoms. The molecule has 0 unspecified atom stereocenters. The summed E-state index contributed by atoms with van der Waals surface area (Å²) in [5.41, 5.74) is 2.62. The van der Waals surface area contributed by atoms with E-state index < -0.39 is 0 Å². The third kappa shape index (κ3) is 2.46. The quantitative estimate of drug-likeness (QED) is 0.752. The number of carbonyl (C=O) groups excluding carboxylic acids is 1. The summed E-state index contributed by atoms with van der Waals surface area (Å²) >= 11 is 0. The lowest BCUT2D eigenvalue weighted by Crippen LogP contribution is -2.17. The molecule has 0 saturated heterocycles. The second-order valence-electron chi connectivity index (χ2n) is 4.87. The second kappa shape index (κ2) is 5.29. The summed E-state index contributed by atoms with van der Waals surface area (Å²) in [4.78, 5) is 11.7. The monoisotopic (exact) mass is 277 g/mol. The van der Waals surface area contributed by atoms with Crippen molar-refractivity contribution in [1.82, 2.24) is 5.32 Å². The molecule has 0 spiro atoms. The Kier molecular flexibility index (Phi) is 3.32. The van der Waals surface area contributed by atoms with E-state index in [-0.39, 0.29) is 11.7 Å². The zero-order valence-corrected chi connectivity index (χ0v) is 11.6. The normalized spacial score (nSPS) is 10.5. The number of carbonyl (C=O) groups is 1. The molecule has 21 heavy (non-hydrogen) atoms. The Bertz CT molecular complexity index is 824. The van der Waals surface area contributed by atoms with Crippen molar-refractivity contribution in [3.8, 4) is 16.9 Å². The molecule has 0 saturated carbocycles. The SMILES string of the molecule is CNC(=O)c1cccc(-c2ccc3c(O)cccc3c2)c1. The number of benzene rings is 3. The van der Waals surface area contributed by atoms with E-state index in [1.807, 2.05) is 48.5 Å². The molecule has 0 aliphatic heterocycles. The molecule has 0 aliphatic rings. The van der Waals surface area contributed by atoms with Crippen LogP contribution in [0.3, 0.4) is 0 Å². The smallest absolute Gasteiger partial charge is 0.251 e. The van der Waals surface area contributed by atoms with Crippen LogP contribution >= 0.6 is 0 Å². The number of hydrogen-bond acceptors (Lipinski definition) is 2. The minimum atomic E-state index is -0.102. The summed E-state index contributed by atoms with van der Waals surface area (Å²) in [5, 5.41) is 14.2. The molecular formula is C18H15NO2. The van der Waals surface area contributed by atoms with E-state index in [1.54, 1.807) is 19.2 Å². The highest BCUT2D eigenvalue weighted by molar-refractivity contribution is 5.96. The van der Waals surface area contributed by atoms with Crippen molar-refractivity contribution in [3.63, 3.8) is 0 Å². The Labute approximate surface area is 122 Å². The van der Waals surface area contributed by atoms with Gasteiger partial charge in [-0.1, -0.05) is 36.4 Å². The number of amides is 1. The van der Waals surface area contributed by atoms with E-state index in [2.05, 4.69) is 5.32 Å². The van der Waals surface area contributed by atoms with Gasteiger partial charge in [0.1, 0.15) is 5.75 Å². The molecule has 0 radical (unpaired) electrons. The van der Waals surface area contributed by atoms with Crippen molar-refractivity contribution in [3.05, 3.63) is 66.2 Å². The summed E-state index contributed by atoms with van der Waals surface area (Å²) in [5.74, 6) is 0.174. The summed E-state index contributed by atoms with van der Waals surface area (Å²) in [6, 6.07) is 18.8. The maximum atomic E-state index is 11.7. The van der Waals surface area contributed by atoms with Crippen molar-refractivity contribution in [1.29, 1.82) is 0 Å². The highest BCUT2D eigenvalue weighted by Crippen LogP contribution is 2.29. The van der Waals surface area contributed by atoms with E-state index in [1.165, 1.54) is 0 Å². The zero-order valence-electron chi connectivity index (χ0n) is 11.6. The van der Waals surface area contributed by atoms with Gasteiger partial charge in [-0.2, -0.15) is 0 Å². The Morgan fingerprint density at radius 2 is 1.71 bits per heavy atom. The maximum absolute atomic E-state index is 11.7. The first-order valence-electron chi connectivity index (χ1n) is 6.73. The molecule has 3 nitrogen and oxygen atoms in total. The number of phenols is 1. The lowest BCUT2D eigenvalue weighted by molar-refractivity contribution is 0.0963. The Hall–Kier alpha value is -2.81. The van der Waals surface area contributed by atoms with Gasteiger partial charge in [0.2, 0.25) is 0 Å². The highest BCUT2D eigenvalue weighted by atomic mass is 16.3. The topological polar surface area (TPSA) is 49.3 Å². The predicted octanol–water partition coefficient (Wildman–Crippen LogP) is 3.57. The van der Waals surface area contributed by atoms with E-state index in [0.29, 0.717) is 5.56 Å². The van der Waals surface area contributed by atoms with Gasteiger partial charge in [0, 0.05) is 18.0 Å². The Morgan fingerprint density at radius 3 is 2.52 bits per heavy atom. The van der Waals surface area contributed by atoms with Crippen LogP contribution in [0, 0.1) is 0 Å². The van der Waals surface area contributed by atoms with Crippen molar-refractivity contribution < 1.29 is 9.90 Å². The minimum absolute atomic E-state index is 0.102. The maximum Gasteiger partial charge on any atom is 0.251 e. The highest BCUT2D eigenvalue weighted by Gasteiger charge is 2.06. The fourth-order valence-electron chi connectivity index (χ4n) is 2.43. The second-order valence-corrected chi connectivity index (χ2v) is 4.87. The van der Waals surface area contributed by atoms with Crippen molar-refractivity contribution in [2.75, 3.05) is 7.05 Å². The van der Waals surface area contributed by atoms with Crippen molar-refractivity contribution >= 4 is 16.7 Å². The van der Waals surface area contributed by atoms with Gasteiger partial charge in [0.25, 0.3) is 5.91 Å². The van der Waals surface area contributed by atoms with Crippen LogP contribution in [0.15, 0.2) is 60.7 Å².